The Kier molecular flexibility index (Phi) is 9.74. The van der Waals surface area contributed by atoms with Crippen LogP contribution in [0, 0.1) is 16.7 Å². The van der Waals surface area contributed by atoms with Crippen LogP contribution < -0.4 is 15.5 Å². The van der Waals surface area contributed by atoms with Crippen molar-refractivity contribution in [3.63, 3.8) is 0 Å². The van der Waals surface area contributed by atoms with Crippen molar-refractivity contribution in [1.29, 1.82) is 5.41 Å². The van der Waals surface area contributed by atoms with Gasteiger partial charge in [-0.05, 0) is 83.4 Å². The van der Waals surface area contributed by atoms with Gasteiger partial charge in [0, 0.05) is 43.0 Å². The van der Waals surface area contributed by atoms with E-state index in [1.54, 1.807) is 0 Å². The molecule has 196 valence electrons. The summed E-state index contributed by atoms with van der Waals surface area (Å²) in [6, 6.07) is 1.92. The molecule has 2 unspecified atom stereocenters. The van der Waals surface area contributed by atoms with E-state index in [1.165, 1.54) is 56.2 Å². The van der Waals surface area contributed by atoms with Crippen LogP contribution in [0.5, 0.6) is 0 Å². The molecule has 0 aromatic carbocycles. The summed E-state index contributed by atoms with van der Waals surface area (Å²) in [6.45, 7) is 13.9. The van der Waals surface area contributed by atoms with E-state index in [0.29, 0.717) is 5.71 Å². The highest BCUT2D eigenvalue weighted by Gasteiger charge is 2.44. The summed E-state index contributed by atoms with van der Waals surface area (Å²) in [5.74, 6) is 1.58. The zero-order valence-corrected chi connectivity index (χ0v) is 23.3. The average Bonchev–Trinajstić information content (AvgIpc) is 3.17. The van der Waals surface area contributed by atoms with Gasteiger partial charge in [0.25, 0.3) is 0 Å². The van der Waals surface area contributed by atoms with Gasteiger partial charge in [-0.3, -0.25) is 5.41 Å². The van der Waals surface area contributed by atoms with Crippen LogP contribution in [0.1, 0.15) is 105 Å². The average molecular weight is 483 g/mol. The quantitative estimate of drug-likeness (QED) is 0.248. The van der Waals surface area contributed by atoms with Gasteiger partial charge in [0.1, 0.15) is 0 Å². The molecule has 6 nitrogen and oxygen atoms in total. The molecular formula is C29H50N6. The summed E-state index contributed by atoms with van der Waals surface area (Å²) in [4.78, 5) is 11.8. The molecule has 1 aromatic rings. The van der Waals surface area contributed by atoms with E-state index in [9.17, 15) is 0 Å². The summed E-state index contributed by atoms with van der Waals surface area (Å²) in [6.07, 6.45) is 13.9. The molecule has 1 saturated carbocycles. The summed E-state index contributed by atoms with van der Waals surface area (Å²) < 4.78 is 0. The lowest BCUT2D eigenvalue weighted by molar-refractivity contribution is 0.163. The largest absolute Gasteiger partial charge is 0.391 e. The van der Waals surface area contributed by atoms with E-state index in [0.717, 1.165) is 56.5 Å². The topological polar surface area (TPSA) is 76.9 Å². The Morgan fingerprint density at radius 2 is 2.00 bits per heavy atom. The minimum absolute atomic E-state index is 0.132. The molecule has 3 rings (SSSR count). The maximum Gasteiger partial charge on any atom is 0.225 e. The fraction of sp³-hybridized carbons (Fsp3) is 0.759. The Hall–Kier alpha value is -1.95. The number of nitrogens with one attached hydrogen (secondary N) is 3. The molecule has 1 aromatic heterocycles. The second-order valence-corrected chi connectivity index (χ2v) is 11.8. The summed E-state index contributed by atoms with van der Waals surface area (Å²) in [5.41, 5.74) is 4.20. The van der Waals surface area contributed by atoms with Gasteiger partial charge in [-0.25, -0.2) is 9.97 Å². The summed E-state index contributed by atoms with van der Waals surface area (Å²) in [5, 5.41) is 16.3. The number of nitrogens with zero attached hydrogens (tertiary/aromatic N) is 3. The lowest BCUT2D eigenvalue weighted by Gasteiger charge is -2.40. The Bertz CT molecular complexity index is 868. The molecule has 1 heterocycles. The van der Waals surface area contributed by atoms with Gasteiger partial charge >= 0.3 is 0 Å². The van der Waals surface area contributed by atoms with E-state index in [1.807, 2.05) is 12.3 Å². The van der Waals surface area contributed by atoms with Crippen LogP contribution in [0.25, 0.3) is 0 Å². The molecule has 6 heteroatoms. The van der Waals surface area contributed by atoms with Gasteiger partial charge in [0.05, 0.1) is 11.4 Å². The van der Waals surface area contributed by atoms with E-state index in [-0.39, 0.29) is 11.0 Å². The second-order valence-electron chi connectivity index (χ2n) is 11.8. The van der Waals surface area contributed by atoms with Gasteiger partial charge in [-0.2, -0.15) is 0 Å². The molecule has 0 bridgehead atoms. The van der Waals surface area contributed by atoms with Gasteiger partial charge in [-0.15, -0.1) is 0 Å². The normalized spacial score (nSPS) is 22.6. The van der Waals surface area contributed by atoms with E-state index in [2.05, 4.69) is 62.2 Å². The second kappa shape index (κ2) is 12.3. The molecule has 2 aliphatic rings. The third kappa shape index (κ3) is 7.05. The van der Waals surface area contributed by atoms with Crippen molar-refractivity contribution in [2.75, 3.05) is 31.6 Å². The highest BCUT2D eigenvalue weighted by Crippen LogP contribution is 2.53. The molecule has 2 atom stereocenters. The standard InChI is InChI=1S/C29H50N6/c1-7-11-22-12-9-15-29(21-22)16-13-23(26(29)31-6)25(30)24-14-18-32-27(34-24)35(19-8-2)20-10-17-33-28(3,4)5/h14,18,22,30-31,33H,7-13,15-17,19-21H2,1-6H3. The molecule has 35 heavy (non-hydrogen) atoms. The molecule has 3 N–H and O–H groups in total. The number of rotatable bonds is 12. The Balaban J connectivity index is 1.77. The van der Waals surface area contributed by atoms with Crippen LogP contribution >= 0.6 is 0 Å². The molecular weight excluding hydrogens is 432 g/mol. The molecule has 0 radical (unpaired) electrons. The lowest BCUT2D eigenvalue weighted by atomic mass is 9.66. The first kappa shape index (κ1) is 27.6. The van der Waals surface area contributed by atoms with E-state index >= 15 is 0 Å². The predicted octanol–water partition coefficient (Wildman–Crippen LogP) is 6.08. The van der Waals surface area contributed by atoms with Crippen LogP contribution in [-0.4, -0.2) is 47.9 Å². The zero-order valence-electron chi connectivity index (χ0n) is 23.3. The van der Waals surface area contributed by atoms with Crippen LogP contribution in [0.15, 0.2) is 23.5 Å². The zero-order chi connectivity index (χ0) is 25.5. The molecule has 2 aliphatic carbocycles. The third-order valence-electron chi connectivity index (χ3n) is 7.82. The van der Waals surface area contributed by atoms with E-state index in [4.69, 9.17) is 10.4 Å². The molecule has 1 spiro atoms. The summed E-state index contributed by atoms with van der Waals surface area (Å²) >= 11 is 0. The first-order valence-electron chi connectivity index (χ1n) is 14.1. The van der Waals surface area contributed by atoms with Gasteiger partial charge in [-0.1, -0.05) is 39.5 Å². The summed E-state index contributed by atoms with van der Waals surface area (Å²) in [7, 11) is 2.05. The van der Waals surface area contributed by atoms with Gasteiger partial charge < -0.3 is 15.5 Å². The SMILES string of the molecule is CCCC1CCCC2(CCC(C(=N)c3ccnc(N(CCC)CCCNC(C)(C)C)n3)=C2NC)C1. The number of anilines is 1. The predicted molar refractivity (Wildman–Crippen MR) is 148 cm³/mol. The number of allylic oxidation sites excluding steroid dienone is 2. The van der Waals surface area contributed by atoms with Crippen molar-refractivity contribution in [1.82, 2.24) is 20.6 Å². The highest BCUT2D eigenvalue weighted by molar-refractivity contribution is 6.10. The molecule has 0 saturated heterocycles. The smallest absolute Gasteiger partial charge is 0.225 e. The molecule has 0 amide bonds. The number of hydrogen-bond donors (Lipinski definition) is 3. The van der Waals surface area contributed by atoms with Crippen LogP contribution in [-0.2, 0) is 0 Å². The molecule has 0 aliphatic heterocycles. The lowest BCUT2D eigenvalue weighted by Crippen LogP contribution is -2.38. The van der Waals surface area contributed by atoms with Crippen LogP contribution in [0.2, 0.25) is 0 Å². The number of aromatic nitrogens is 2. The maximum absolute atomic E-state index is 9.15. The monoisotopic (exact) mass is 482 g/mol. The third-order valence-corrected chi connectivity index (χ3v) is 7.82. The maximum atomic E-state index is 9.15. The van der Waals surface area contributed by atoms with Crippen molar-refractivity contribution in [3.8, 4) is 0 Å². The van der Waals surface area contributed by atoms with Crippen molar-refractivity contribution in [2.45, 2.75) is 104 Å². The number of hydrogen-bond acceptors (Lipinski definition) is 6. The fourth-order valence-corrected chi connectivity index (χ4v) is 6.30. The Morgan fingerprint density at radius 1 is 1.20 bits per heavy atom. The fourth-order valence-electron chi connectivity index (χ4n) is 6.30. The van der Waals surface area contributed by atoms with E-state index < -0.39 is 0 Å². The Labute approximate surface area is 214 Å². The van der Waals surface area contributed by atoms with Crippen molar-refractivity contribution in [2.24, 2.45) is 11.3 Å². The highest BCUT2D eigenvalue weighted by atomic mass is 15.2. The van der Waals surface area contributed by atoms with Crippen molar-refractivity contribution < 1.29 is 0 Å². The first-order valence-corrected chi connectivity index (χ1v) is 14.1. The van der Waals surface area contributed by atoms with Gasteiger partial charge in [0.2, 0.25) is 5.95 Å². The van der Waals surface area contributed by atoms with Crippen LogP contribution in [0.4, 0.5) is 5.95 Å². The van der Waals surface area contributed by atoms with Crippen LogP contribution in [0.3, 0.4) is 0 Å². The minimum atomic E-state index is 0.132. The Morgan fingerprint density at radius 3 is 2.69 bits per heavy atom. The van der Waals surface area contributed by atoms with Gasteiger partial charge in [0.15, 0.2) is 0 Å². The molecule has 1 fully saturated rings. The van der Waals surface area contributed by atoms with Crippen molar-refractivity contribution in [3.05, 3.63) is 29.2 Å². The minimum Gasteiger partial charge on any atom is -0.391 e. The van der Waals surface area contributed by atoms with Crippen molar-refractivity contribution >= 4 is 11.7 Å². The first-order chi connectivity index (χ1) is 16.7.